The molecule has 9 heteroatoms. The predicted molar refractivity (Wildman–Crippen MR) is 163 cm³/mol. The molecule has 0 radical (unpaired) electrons. The highest BCUT2D eigenvalue weighted by atomic mass is 32.2. The van der Waals surface area contributed by atoms with Gasteiger partial charge in [-0.05, 0) is 87.6 Å². The van der Waals surface area contributed by atoms with E-state index in [4.69, 9.17) is 8.83 Å². The molecule has 0 bridgehead atoms. The Morgan fingerprint density at radius 2 is 1.29 bits per heavy atom. The summed E-state index contributed by atoms with van der Waals surface area (Å²) in [6.45, 7) is 3.42. The Hall–Kier alpha value is -2.23. The van der Waals surface area contributed by atoms with Crippen LogP contribution in [0.3, 0.4) is 0 Å². The number of hydrogen-bond acceptors (Lipinski definition) is 7. The van der Waals surface area contributed by atoms with Gasteiger partial charge in [0.2, 0.25) is 11.8 Å². The highest BCUT2D eigenvalue weighted by Gasteiger charge is 2.34. The molecule has 3 unspecified atom stereocenters. The Morgan fingerprint density at radius 3 is 1.88 bits per heavy atom. The molecule has 2 N–H and O–H groups in total. The number of amides is 2. The standard InChI is InChI=1S/C16H24N2O2S.C16H24N2O2/c1-17-14-15-12(7-9-20-15)6-8-18(16(14)19)11-13-5-3-2-4-10-21-13;1-17-14-15-13(8-10-20-15)7-9-18(16(14)19)11-12-5-3-2-4-6-12/h7,9,13-14,17H,2-6,8,10-11H2,1H3;8,10,12,14,17H,2-7,9,11H2,1H3. The molecule has 2 amide bonds. The smallest absolute Gasteiger partial charge is 0.247 e. The van der Waals surface area contributed by atoms with Crippen LogP contribution in [-0.4, -0.2) is 72.9 Å². The second-order valence-corrected chi connectivity index (χ2v) is 13.4. The van der Waals surface area contributed by atoms with Gasteiger partial charge in [0.05, 0.1) is 12.5 Å². The van der Waals surface area contributed by atoms with Gasteiger partial charge in [0, 0.05) is 31.4 Å². The molecule has 41 heavy (non-hydrogen) atoms. The predicted octanol–water partition coefficient (Wildman–Crippen LogP) is 5.11. The van der Waals surface area contributed by atoms with Crippen molar-refractivity contribution in [3.05, 3.63) is 47.3 Å². The van der Waals surface area contributed by atoms with E-state index in [1.807, 2.05) is 47.8 Å². The number of thioether (sulfide) groups is 1. The molecule has 1 aliphatic carbocycles. The summed E-state index contributed by atoms with van der Waals surface area (Å²) in [6.07, 6.45) is 16.9. The van der Waals surface area contributed by atoms with Crippen molar-refractivity contribution in [3.63, 3.8) is 0 Å². The molecule has 2 fully saturated rings. The molecule has 1 saturated carbocycles. The van der Waals surface area contributed by atoms with Crippen LogP contribution >= 0.6 is 11.8 Å². The van der Waals surface area contributed by atoms with Gasteiger partial charge in [0.25, 0.3) is 0 Å². The fourth-order valence-electron chi connectivity index (χ4n) is 6.86. The number of likely N-dealkylation sites (N-methyl/N-ethyl adjacent to an activating group) is 2. The van der Waals surface area contributed by atoms with E-state index >= 15 is 0 Å². The lowest BCUT2D eigenvalue weighted by atomic mass is 9.89. The average Bonchev–Trinajstić information content (AvgIpc) is 3.51. The minimum Gasteiger partial charge on any atom is -0.467 e. The van der Waals surface area contributed by atoms with E-state index in [1.54, 1.807) is 12.5 Å². The third-order valence-corrected chi connectivity index (χ3v) is 10.6. The van der Waals surface area contributed by atoms with Crippen molar-refractivity contribution < 1.29 is 18.4 Å². The first-order chi connectivity index (χ1) is 20.1. The highest BCUT2D eigenvalue weighted by Crippen LogP contribution is 2.31. The zero-order chi connectivity index (χ0) is 28.6. The van der Waals surface area contributed by atoms with Crippen LogP contribution in [0.4, 0.5) is 0 Å². The number of carbonyl (C=O) groups is 2. The van der Waals surface area contributed by atoms with Gasteiger partial charge in [0.1, 0.15) is 23.6 Å². The Morgan fingerprint density at radius 1 is 0.756 bits per heavy atom. The summed E-state index contributed by atoms with van der Waals surface area (Å²) in [5.41, 5.74) is 2.34. The van der Waals surface area contributed by atoms with Gasteiger partial charge in [-0.15, -0.1) is 0 Å². The molecule has 2 aromatic rings. The molecule has 2 aromatic heterocycles. The zero-order valence-electron chi connectivity index (χ0n) is 24.9. The van der Waals surface area contributed by atoms with Crippen molar-refractivity contribution in [2.75, 3.05) is 46.0 Å². The number of hydrogen-bond donors (Lipinski definition) is 2. The topological polar surface area (TPSA) is 91.0 Å². The van der Waals surface area contributed by atoms with E-state index in [0.717, 1.165) is 50.5 Å². The summed E-state index contributed by atoms with van der Waals surface area (Å²) < 4.78 is 11.1. The third kappa shape index (κ3) is 7.41. The largest absolute Gasteiger partial charge is 0.467 e. The SMILES string of the molecule is CNC1C(=O)N(CC2CCCCC2)CCc2ccoc21.CNC1C(=O)N(CC2CCCCCS2)CCc2ccoc21. The van der Waals surface area contributed by atoms with Crippen LogP contribution in [0.25, 0.3) is 0 Å². The third-order valence-electron chi connectivity index (χ3n) is 9.23. The second-order valence-electron chi connectivity index (χ2n) is 12.0. The van der Waals surface area contributed by atoms with E-state index in [0.29, 0.717) is 11.2 Å². The molecule has 226 valence electrons. The van der Waals surface area contributed by atoms with Crippen LogP contribution in [0.5, 0.6) is 0 Å². The van der Waals surface area contributed by atoms with Crippen molar-refractivity contribution in [2.24, 2.45) is 5.92 Å². The maximum absolute atomic E-state index is 12.8. The van der Waals surface area contributed by atoms with Crippen LogP contribution in [0.2, 0.25) is 0 Å². The Bertz CT molecular complexity index is 1120. The van der Waals surface area contributed by atoms with Crippen LogP contribution in [-0.2, 0) is 22.4 Å². The van der Waals surface area contributed by atoms with Crippen LogP contribution in [0.15, 0.2) is 33.5 Å². The Balaban J connectivity index is 0.000000165. The number of fused-ring (bicyclic) bond motifs is 2. The zero-order valence-corrected chi connectivity index (χ0v) is 25.7. The first-order valence-electron chi connectivity index (χ1n) is 15.7. The summed E-state index contributed by atoms with van der Waals surface area (Å²) in [6, 6.07) is 3.35. The molecule has 0 spiro atoms. The Labute approximate surface area is 249 Å². The number of nitrogens with zero attached hydrogens (tertiary/aromatic N) is 2. The van der Waals surface area contributed by atoms with E-state index in [9.17, 15) is 9.59 Å². The fourth-order valence-corrected chi connectivity index (χ4v) is 8.18. The van der Waals surface area contributed by atoms with Crippen molar-refractivity contribution >= 4 is 23.6 Å². The lowest BCUT2D eigenvalue weighted by Crippen LogP contribution is -2.42. The van der Waals surface area contributed by atoms with Gasteiger partial charge in [-0.25, -0.2) is 0 Å². The minimum absolute atomic E-state index is 0.163. The van der Waals surface area contributed by atoms with Crippen molar-refractivity contribution in [2.45, 2.75) is 88.0 Å². The van der Waals surface area contributed by atoms with Crippen molar-refractivity contribution in [1.82, 2.24) is 20.4 Å². The summed E-state index contributed by atoms with van der Waals surface area (Å²) in [5, 5.41) is 6.84. The summed E-state index contributed by atoms with van der Waals surface area (Å²) in [5.74, 6) is 3.88. The molecule has 8 nitrogen and oxygen atoms in total. The Kier molecular flexibility index (Phi) is 10.9. The maximum atomic E-state index is 12.8. The molecule has 3 aliphatic heterocycles. The van der Waals surface area contributed by atoms with Crippen LogP contribution in [0.1, 0.15) is 92.5 Å². The van der Waals surface area contributed by atoms with Gasteiger partial charge in [-0.1, -0.05) is 32.1 Å². The normalized spacial score (nSPS) is 25.9. The second kappa shape index (κ2) is 14.8. The molecule has 0 aromatic carbocycles. The molecule has 3 atom stereocenters. The first kappa shape index (κ1) is 30.2. The molecule has 5 heterocycles. The number of carbonyl (C=O) groups excluding carboxylic acids is 2. The van der Waals surface area contributed by atoms with Gasteiger partial charge in [-0.2, -0.15) is 11.8 Å². The maximum Gasteiger partial charge on any atom is 0.247 e. The molecule has 4 aliphatic rings. The van der Waals surface area contributed by atoms with Crippen molar-refractivity contribution in [3.8, 4) is 0 Å². The lowest BCUT2D eigenvalue weighted by Gasteiger charge is -2.30. The molecule has 1 saturated heterocycles. The van der Waals surface area contributed by atoms with Crippen LogP contribution < -0.4 is 10.6 Å². The van der Waals surface area contributed by atoms with Gasteiger partial charge < -0.3 is 29.3 Å². The van der Waals surface area contributed by atoms with Gasteiger partial charge >= 0.3 is 0 Å². The molecular formula is C32H48N4O4S. The number of furan rings is 2. The quantitative estimate of drug-likeness (QED) is 0.488. The highest BCUT2D eigenvalue weighted by molar-refractivity contribution is 7.99. The monoisotopic (exact) mass is 584 g/mol. The summed E-state index contributed by atoms with van der Waals surface area (Å²) >= 11 is 2.04. The number of nitrogens with one attached hydrogen (secondary N) is 2. The summed E-state index contributed by atoms with van der Waals surface area (Å²) in [7, 11) is 3.66. The average molecular weight is 585 g/mol. The van der Waals surface area contributed by atoms with E-state index in [2.05, 4.69) is 10.6 Å². The number of rotatable bonds is 6. The van der Waals surface area contributed by atoms with E-state index in [-0.39, 0.29) is 23.9 Å². The molecular weight excluding hydrogens is 536 g/mol. The van der Waals surface area contributed by atoms with Gasteiger partial charge in [0.15, 0.2) is 0 Å². The lowest BCUT2D eigenvalue weighted by molar-refractivity contribution is -0.134. The minimum atomic E-state index is -0.326. The van der Waals surface area contributed by atoms with Crippen molar-refractivity contribution in [1.29, 1.82) is 0 Å². The first-order valence-corrected chi connectivity index (χ1v) is 16.8. The van der Waals surface area contributed by atoms with Gasteiger partial charge in [-0.3, -0.25) is 9.59 Å². The van der Waals surface area contributed by atoms with Crippen LogP contribution in [0, 0.1) is 5.92 Å². The van der Waals surface area contributed by atoms with E-state index < -0.39 is 0 Å². The fraction of sp³-hybridized carbons (Fsp3) is 0.688. The molecule has 6 rings (SSSR count). The summed E-state index contributed by atoms with van der Waals surface area (Å²) in [4.78, 5) is 29.6. The van der Waals surface area contributed by atoms with E-state index in [1.165, 1.54) is 74.7 Å².